The lowest BCUT2D eigenvalue weighted by molar-refractivity contribution is 0.0591. The van der Waals surface area contributed by atoms with E-state index in [4.69, 9.17) is 171 Å². The van der Waals surface area contributed by atoms with Crippen LogP contribution in [0.15, 0.2) is 146 Å². The van der Waals surface area contributed by atoms with Crippen LogP contribution >= 0.6 is 16.1 Å². The van der Waals surface area contributed by atoms with Gasteiger partial charge in [0.2, 0.25) is 0 Å². The lowest BCUT2D eigenvalue weighted by Crippen LogP contribution is -2.35. The molecule has 0 saturated carbocycles. The Balaban J connectivity index is -0.000000119. The Morgan fingerprint density at radius 1 is 0.481 bits per heavy atom. The van der Waals surface area contributed by atoms with Gasteiger partial charge in [0, 0.05) is 213 Å². The fourth-order valence-corrected chi connectivity index (χ4v) is 8.13. The van der Waals surface area contributed by atoms with Crippen LogP contribution in [0.4, 0.5) is 180 Å². The van der Waals surface area contributed by atoms with Crippen molar-refractivity contribution in [3.8, 4) is 11.5 Å². The normalized spacial score (nSPS) is 12.2. The Morgan fingerprint density at radius 3 is 1.16 bits per heavy atom. The predicted molar refractivity (Wildman–Crippen MR) is 293 cm³/mol. The molecule has 16 nitrogen and oxygen atoms in total. The number of aliphatic hydroxyl groups is 2. The van der Waals surface area contributed by atoms with Crippen LogP contribution in [0.2, 0.25) is 0 Å². The van der Waals surface area contributed by atoms with E-state index in [-0.39, 0.29) is 58.7 Å². The maximum absolute atomic E-state index is 14.5. The molecule has 2 aliphatic rings. The Kier molecular flexibility index (Phi) is 94.1. The standard InChI is InChI=1S/C25H20FN3O4.C15H10FN3O3.C9H10BrNO2.CH3F.17F2/c26-18-9-8-15(21(30)12-17-16-5-1-2-6-23(16)33-14-22(17)31)11-19(18)28-25(32)20-13-27-24-7-3-4-10-29(20)24;16-10-5-4-9(15(21)22)7-11(10)18-14(20)12-8-17-13-3-1-2-6-19(12)13;10-11-9-6-3-1-2-4-8(6)13-5-7(9)12;18*1-2/h1-11,13,17,22,31H,12,14H2,(H,28,32);1-8H,(H,18,20)(H,21,22);1-4,7,9,11-12H,5H2;1H3;;;;;;;;;;;;;;;;;/t17-,22+;;7-,9+;;;;;;;;;;;;;;;;;;/m1.0................../s1/i;;;1D;;;;;;;;;;;;;;;;;. The number of alkyl halides is 1. The van der Waals surface area contributed by atoms with Crippen molar-refractivity contribution in [3.63, 3.8) is 0 Å². The summed E-state index contributed by atoms with van der Waals surface area (Å²) in [5.74, 6) is -2.95. The topological polar surface area (TPSA) is 218 Å². The summed E-state index contributed by atoms with van der Waals surface area (Å²) in [7, 11) is -1.00. The number of carboxylic acids is 1. The molecule has 104 heavy (non-hydrogen) atoms. The fourth-order valence-electron chi connectivity index (χ4n) is 7.58. The van der Waals surface area contributed by atoms with Crippen molar-refractivity contribution < 1.29 is 214 Å². The van der Waals surface area contributed by atoms with Crippen LogP contribution in [0.3, 0.4) is 0 Å². The number of halogens is 38. The molecular weight excluding hydrogens is 1630 g/mol. The molecular formula is C50H43BrF37N7O9. The van der Waals surface area contributed by atoms with Crippen molar-refractivity contribution in [3.05, 3.63) is 191 Å². The molecule has 8 aromatic rings. The van der Waals surface area contributed by atoms with Gasteiger partial charge < -0.3 is 35.4 Å². The molecule has 54 heteroatoms. The Morgan fingerprint density at radius 2 is 0.798 bits per heavy atom. The van der Waals surface area contributed by atoms with E-state index in [1.807, 2.05) is 42.5 Å². The number of carbonyl (C=O) groups excluding carboxylic acids is 3. The first kappa shape index (κ1) is 115. The van der Waals surface area contributed by atoms with Crippen LogP contribution in [-0.4, -0.2) is 90.2 Å². The van der Waals surface area contributed by atoms with E-state index < -0.39 is 54.7 Å². The molecule has 10 rings (SSSR count). The number of nitrogens with zero attached hydrogens (tertiary/aromatic N) is 4. The van der Waals surface area contributed by atoms with Gasteiger partial charge in [-0.3, -0.25) is 27.6 Å². The molecule has 2 aliphatic heterocycles. The zero-order valence-corrected chi connectivity index (χ0v) is 51.0. The molecule has 0 saturated heterocycles. The number of aromatic carboxylic acids is 1. The summed E-state index contributed by atoms with van der Waals surface area (Å²) in [6, 6.07) is 32.4. The quantitative estimate of drug-likeness (QED) is 0.0452. The van der Waals surface area contributed by atoms with Gasteiger partial charge in [0.25, 0.3) is 11.8 Å². The van der Waals surface area contributed by atoms with Gasteiger partial charge in [0.05, 0.1) is 50.0 Å². The van der Waals surface area contributed by atoms with E-state index in [1.165, 1.54) is 24.5 Å². The molecule has 2 amide bonds. The lowest BCUT2D eigenvalue weighted by Gasteiger charge is -2.30. The molecule has 6 heterocycles. The van der Waals surface area contributed by atoms with Gasteiger partial charge in [-0.2, -0.15) is 0 Å². The van der Waals surface area contributed by atoms with E-state index in [9.17, 15) is 42.6 Å². The number of ketones is 1. The third kappa shape index (κ3) is 42.2. The number of amides is 2. The van der Waals surface area contributed by atoms with Crippen molar-refractivity contribution >= 4 is 62.4 Å². The number of fused-ring (bicyclic) bond motifs is 4. The van der Waals surface area contributed by atoms with Crippen molar-refractivity contribution in [2.75, 3.05) is 31.0 Å². The molecule has 4 aromatic heterocycles. The highest BCUT2D eigenvalue weighted by Crippen LogP contribution is 2.37. The smallest absolute Gasteiger partial charge is 0.335 e. The minimum absolute atomic E-state index is 0.0216. The number of nitrogens with one attached hydrogen (secondary N) is 3. The number of Topliss-reactive ketones (excluding diaryl/α,β-unsaturated/α-hetero) is 1. The summed E-state index contributed by atoms with van der Waals surface area (Å²) in [4.78, 5) is 57.1. The lowest BCUT2D eigenvalue weighted by atomic mass is 9.85. The van der Waals surface area contributed by atoms with Gasteiger partial charge in [0.15, 0.2) is 5.78 Å². The average molecular weight is 1670 g/mol. The summed E-state index contributed by atoms with van der Waals surface area (Å²) >= 11 is 3.16. The average Bonchev–Trinajstić information content (AvgIpc) is 1.79. The third-order valence-electron chi connectivity index (χ3n) is 11.1. The number of carbonyl (C=O) groups is 4. The number of benzene rings is 4. The van der Waals surface area contributed by atoms with Gasteiger partial charge in [-0.1, -0.05) is 48.5 Å². The number of carboxylic acid groups (broad SMARTS) is 1. The molecule has 0 aliphatic carbocycles. The number of rotatable bonds is 9. The zero-order valence-electron chi connectivity index (χ0n) is 50.4. The molecule has 598 valence electrons. The van der Waals surface area contributed by atoms with Gasteiger partial charge >= 0.3 is 5.97 Å². The predicted octanol–water partition coefficient (Wildman–Crippen LogP) is 22.5. The van der Waals surface area contributed by atoms with Crippen LogP contribution in [0.5, 0.6) is 11.5 Å². The van der Waals surface area contributed by atoms with Crippen LogP contribution in [0.1, 0.15) is 72.6 Å². The molecule has 0 radical (unpaired) electrons. The largest absolute Gasteiger partial charge is 0.491 e. The van der Waals surface area contributed by atoms with Gasteiger partial charge in [-0.25, -0.2) is 27.9 Å². The highest BCUT2D eigenvalue weighted by Gasteiger charge is 2.32. The molecule has 4 atom stereocenters. The highest BCUT2D eigenvalue weighted by molar-refractivity contribution is 9.08. The monoisotopic (exact) mass is 1670 g/mol. The molecule has 0 bridgehead atoms. The zero-order chi connectivity index (χ0) is 84.6. The first-order valence-electron chi connectivity index (χ1n) is 24.3. The Hall–Kier alpha value is -10.3. The minimum Gasteiger partial charge on any atom is -0.491 e. The number of anilines is 2. The van der Waals surface area contributed by atoms with Crippen molar-refractivity contribution in [1.29, 1.82) is 0 Å². The van der Waals surface area contributed by atoms with Crippen molar-refractivity contribution in [2.45, 2.75) is 30.6 Å². The summed E-state index contributed by atoms with van der Waals surface area (Å²) < 4.78 is 333. The maximum atomic E-state index is 14.5. The minimum atomic E-state index is -1.20. The van der Waals surface area contributed by atoms with Crippen LogP contribution < -0.4 is 24.5 Å². The number of pyridine rings is 2. The highest BCUT2D eigenvalue weighted by atomic mass is 79.9. The SMILES string of the molecule is FF.FF.FF.FF.FF.FF.FF.FF.FF.FF.FF.FF.FF.FF.FF.FF.FF.O=C(C[C@@H]1c2ccccc2OC[C@@H]1O)c1ccc(F)c(NC(=O)c2cnc3ccccn23)c1.O=C(O)c1ccc(F)c(NC(=O)c2cnc3ccccn23)c1.O[C@H]1COc2ccccc2[C@H]1NBr.[2H]CF. The fraction of sp³-hybridized carbons (Fsp3) is 0.160. The number of hydrogen-bond donors (Lipinski definition) is 6. The van der Waals surface area contributed by atoms with Gasteiger partial charge in [-0.05, 0) is 72.8 Å². The molecule has 0 fully saturated rings. The molecule has 0 spiro atoms. The number of aliphatic hydroxyl groups excluding tert-OH is 2. The van der Waals surface area contributed by atoms with E-state index in [1.54, 1.807) is 63.7 Å². The van der Waals surface area contributed by atoms with Crippen LogP contribution in [0.25, 0.3) is 11.3 Å². The molecule has 6 N–H and O–H groups in total. The van der Waals surface area contributed by atoms with Crippen LogP contribution in [0, 0.1) is 11.6 Å². The summed E-state index contributed by atoms with van der Waals surface area (Å²) in [6.07, 6.45) is 4.79. The number of aromatic nitrogens is 4. The van der Waals surface area contributed by atoms with E-state index in [0.29, 0.717) is 23.7 Å². The number of hydrogen-bond acceptors (Lipinski definition) is 11. The van der Waals surface area contributed by atoms with E-state index in [2.05, 4.69) is 41.1 Å². The van der Waals surface area contributed by atoms with Crippen LogP contribution in [-0.2, 0) is 0 Å². The maximum Gasteiger partial charge on any atom is 0.335 e. The Bertz CT molecular complexity index is 3280. The molecule has 4 aromatic carbocycles. The first-order valence-corrected chi connectivity index (χ1v) is 24.4. The second-order valence-electron chi connectivity index (χ2n) is 15.4. The number of para-hydroxylation sites is 2. The second kappa shape index (κ2) is 85.1. The number of imidazole rings is 2. The van der Waals surface area contributed by atoms with Gasteiger partial charge in [-0.15, -0.1) is 0 Å². The summed E-state index contributed by atoms with van der Waals surface area (Å²) in [5, 5.41) is 33.8. The summed E-state index contributed by atoms with van der Waals surface area (Å²) in [6.45, 7) is 0.430. The third-order valence-corrected chi connectivity index (χ3v) is 11.6. The van der Waals surface area contributed by atoms with E-state index >= 15 is 0 Å². The number of ether oxygens (including phenoxy) is 2. The van der Waals surface area contributed by atoms with Gasteiger partial charge in [0.1, 0.15) is 65.1 Å². The Labute approximate surface area is 563 Å². The molecule has 0 unspecified atom stereocenters. The summed E-state index contributed by atoms with van der Waals surface area (Å²) in [5.41, 5.74) is 3.18. The first-order chi connectivity index (χ1) is 51.3. The van der Waals surface area contributed by atoms with E-state index in [0.717, 1.165) is 41.1 Å². The van der Waals surface area contributed by atoms with Crippen molar-refractivity contribution in [2.24, 2.45) is 0 Å². The van der Waals surface area contributed by atoms with Crippen molar-refractivity contribution in [1.82, 2.24) is 23.1 Å². The second-order valence-corrected chi connectivity index (χ2v) is 15.9.